The highest BCUT2D eigenvalue weighted by atomic mass is 32.1. The molecule has 0 spiro atoms. The van der Waals surface area contributed by atoms with Crippen LogP contribution in [0.5, 0.6) is 11.5 Å². The largest absolute Gasteiger partial charge is 0.490 e. The van der Waals surface area contributed by atoms with Crippen molar-refractivity contribution in [1.29, 1.82) is 0 Å². The third-order valence-corrected chi connectivity index (χ3v) is 5.99. The van der Waals surface area contributed by atoms with E-state index in [1.165, 1.54) is 6.07 Å². The Kier molecular flexibility index (Phi) is 7.03. The van der Waals surface area contributed by atoms with E-state index in [2.05, 4.69) is 5.32 Å². The monoisotopic (exact) mass is 483 g/mol. The molecule has 174 valence electrons. The maximum atomic E-state index is 14.0. The number of aliphatic carboxylic acids is 1. The summed E-state index contributed by atoms with van der Waals surface area (Å²) >= 11 is 1.15. The Morgan fingerprint density at radius 1 is 0.882 bits per heavy atom. The Bertz CT molecular complexity index is 1320. The third kappa shape index (κ3) is 5.32. The van der Waals surface area contributed by atoms with Gasteiger partial charge >= 0.3 is 5.97 Å². The van der Waals surface area contributed by atoms with E-state index >= 15 is 0 Å². The summed E-state index contributed by atoms with van der Waals surface area (Å²) in [6.45, 7) is 0.261. The van der Waals surface area contributed by atoms with E-state index in [1.807, 2.05) is 12.1 Å². The molecular formula is C25H19F2NO5S. The van der Waals surface area contributed by atoms with Crippen molar-refractivity contribution in [2.75, 3.05) is 18.5 Å². The van der Waals surface area contributed by atoms with Crippen LogP contribution >= 0.6 is 11.3 Å². The van der Waals surface area contributed by atoms with Crippen LogP contribution in [0, 0.1) is 11.6 Å². The minimum absolute atomic E-state index is 0.0732. The molecule has 3 aromatic carbocycles. The second-order valence-electron chi connectivity index (χ2n) is 7.22. The number of halogens is 2. The van der Waals surface area contributed by atoms with Gasteiger partial charge in [-0.1, -0.05) is 30.3 Å². The molecule has 0 aliphatic heterocycles. The van der Waals surface area contributed by atoms with E-state index in [0.29, 0.717) is 22.4 Å². The number of carbonyl (C=O) groups excluding carboxylic acids is 1. The highest BCUT2D eigenvalue weighted by Gasteiger charge is 2.22. The van der Waals surface area contributed by atoms with Gasteiger partial charge in [-0.15, -0.1) is 11.3 Å². The Hall–Kier alpha value is -3.98. The fourth-order valence-corrected chi connectivity index (χ4v) is 4.33. The number of fused-ring (bicyclic) bond motifs is 1. The smallest absolute Gasteiger partial charge is 0.307 e. The molecule has 6 nitrogen and oxygen atoms in total. The van der Waals surface area contributed by atoms with Gasteiger partial charge in [-0.05, 0) is 42.0 Å². The molecule has 0 aliphatic rings. The topological polar surface area (TPSA) is 84.9 Å². The van der Waals surface area contributed by atoms with Crippen molar-refractivity contribution >= 4 is 39.0 Å². The number of carbonyl (C=O) groups is 2. The number of para-hydroxylation sites is 1. The maximum absolute atomic E-state index is 14.0. The van der Waals surface area contributed by atoms with Crippen molar-refractivity contribution in [3.05, 3.63) is 88.8 Å². The van der Waals surface area contributed by atoms with Gasteiger partial charge in [0.25, 0.3) is 5.91 Å². The number of hydrogen-bond acceptors (Lipinski definition) is 5. The van der Waals surface area contributed by atoms with Crippen LogP contribution in [0.1, 0.15) is 15.2 Å². The van der Waals surface area contributed by atoms with Crippen LogP contribution in [0.2, 0.25) is 0 Å². The van der Waals surface area contributed by atoms with E-state index in [1.54, 1.807) is 36.4 Å². The molecule has 0 aliphatic carbocycles. The lowest BCUT2D eigenvalue weighted by Crippen LogP contribution is -2.15. The molecule has 1 aromatic heterocycles. The summed E-state index contributed by atoms with van der Waals surface area (Å²) in [4.78, 5) is 23.8. The van der Waals surface area contributed by atoms with Gasteiger partial charge in [-0.2, -0.15) is 0 Å². The second kappa shape index (κ2) is 10.3. The summed E-state index contributed by atoms with van der Waals surface area (Å²) in [7, 11) is 0. The quantitative estimate of drug-likeness (QED) is 0.307. The molecule has 0 unspecified atom stereocenters. The lowest BCUT2D eigenvalue weighted by atomic mass is 10.1. The van der Waals surface area contributed by atoms with Crippen molar-refractivity contribution in [3.63, 3.8) is 0 Å². The maximum Gasteiger partial charge on any atom is 0.307 e. The summed E-state index contributed by atoms with van der Waals surface area (Å²) in [6.07, 6.45) is -0.0732. The molecule has 0 fully saturated rings. The first kappa shape index (κ1) is 23.2. The minimum Gasteiger partial charge on any atom is -0.490 e. The van der Waals surface area contributed by atoms with Crippen LogP contribution in [-0.4, -0.2) is 30.2 Å². The molecule has 0 atom stereocenters. The summed E-state index contributed by atoms with van der Waals surface area (Å²) in [5, 5.41) is 11.8. The Labute approximate surface area is 197 Å². The molecular weight excluding hydrogens is 464 g/mol. The van der Waals surface area contributed by atoms with Gasteiger partial charge < -0.3 is 19.9 Å². The molecule has 1 amide bonds. The summed E-state index contributed by atoms with van der Waals surface area (Å²) < 4.78 is 40.3. The zero-order chi connectivity index (χ0) is 24.1. The fourth-order valence-electron chi connectivity index (χ4n) is 3.28. The first-order valence-electron chi connectivity index (χ1n) is 10.3. The normalized spacial score (nSPS) is 10.8. The fraction of sp³-hybridized carbons (Fsp3) is 0.120. The van der Waals surface area contributed by atoms with E-state index in [0.717, 1.165) is 28.2 Å². The zero-order valence-corrected chi connectivity index (χ0v) is 18.5. The van der Waals surface area contributed by atoms with Gasteiger partial charge in [0, 0.05) is 10.1 Å². The van der Waals surface area contributed by atoms with Crippen LogP contribution in [-0.2, 0) is 11.2 Å². The SMILES string of the molecule is O=C(O)Cc1ccc(OCCOc2c(C(=O)Nc3c(F)cccc3F)sc3ccccc23)cc1. The number of hydrogen-bond donors (Lipinski definition) is 2. The molecule has 1 heterocycles. The molecule has 0 bridgehead atoms. The lowest BCUT2D eigenvalue weighted by Gasteiger charge is -2.11. The van der Waals surface area contributed by atoms with E-state index < -0.39 is 29.2 Å². The predicted octanol–water partition coefficient (Wildman–Crippen LogP) is 5.52. The van der Waals surface area contributed by atoms with E-state index in [4.69, 9.17) is 14.6 Å². The van der Waals surface area contributed by atoms with Crippen LogP contribution in [0.25, 0.3) is 10.1 Å². The molecule has 2 N–H and O–H groups in total. The Morgan fingerprint density at radius 2 is 1.56 bits per heavy atom. The van der Waals surface area contributed by atoms with Gasteiger partial charge in [-0.25, -0.2) is 8.78 Å². The standard InChI is InChI=1S/C25H19F2NO5S/c26-18-5-3-6-19(27)22(18)28-25(31)24-23(17-4-1-2-7-20(17)34-24)33-13-12-32-16-10-8-15(9-11-16)14-21(29)30/h1-11H,12-14H2,(H,28,31)(H,29,30). The molecule has 9 heteroatoms. The molecule has 0 radical (unpaired) electrons. The molecule has 4 aromatic rings. The number of nitrogens with one attached hydrogen (secondary N) is 1. The van der Waals surface area contributed by atoms with Crippen LogP contribution in [0.3, 0.4) is 0 Å². The average Bonchev–Trinajstić information content (AvgIpc) is 3.18. The van der Waals surface area contributed by atoms with Gasteiger partial charge in [0.1, 0.15) is 41.2 Å². The summed E-state index contributed by atoms with van der Waals surface area (Å²) in [6, 6.07) is 17.2. The number of ether oxygens (including phenoxy) is 2. The molecule has 0 saturated carbocycles. The number of rotatable bonds is 9. The Balaban J connectivity index is 1.46. The van der Waals surface area contributed by atoms with Gasteiger partial charge in [0.15, 0.2) is 5.75 Å². The number of amides is 1. The highest BCUT2D eigenvalue weighted by molar-refractivity contribution is 7.21. The van der Waals surface area contributed by atoms with Gasteiger partial charge in [0.2, 0.25) is 0 Å². The van der Waals surface area contributed by atoms with Crippen molar-refractivity contribution in [2.24, 2.45) is 0 Å². The van der Waals surface area contributed by atoms with Crippen LogP contribution < -0.4 is 14.8 Å². The molecule has 4 rings (SSSR count). The number of benzene rings is 3. The number of thiophene rings is 1. The Morgan fingerprint density at radius 3 is 2.26 bits per heavy atom. The van der Waals surface area contributed by atoms with Crippen molar-refractivity contribution in [1.82, 2.24) is 0 Å². The van der Waals surface area contributed by atoms with Crippen LogP contribution in [0.15, 0.2) is 66.7 Å². The number of anilines is 1. The summed E-state index contributed by atoms with van der Waals surface area (Å²) in [5.74, 6) is -2.51. The number of carboxylic acids is 1. The van der Waals surface area contributed by atoms with Crippen molar-refractivity contribution in [2.45, 2.75) is 6.42 Å². The minimum atomic E-state index is -0.914. The first-order valence-corrected chi connectivity index (χ1v) is 11.1. The summed E-state index contributed by atoms with van der Waals surface area (Å²) in [5.41, 5.74) is 0.133. The second-order valence-corrected chi connectivity index (χ2v) is 8.27. The van der Waals surface area contributed by atoms with Crippen molar-refractivity contribution < 1.29 is 33.0 Å². The first-order chi connectivity index (χ1) is 16.4. The lowest BCUT2D eigenvalue weighted by molar-refractivity contribution is -0.136. The number of carboxylic acid groups (broad SMARTS) is 1. The average molecular weight is 483 g/mol. The van der Waals surface area contributed by atoms with Crippen LogP contribution in [0.4, 0.5) is 14.5 Å². The highest BCUT2D eigenvalue weighted by Crippen LogP contribution is 2.38. The van der Waals surface area contributed by atoms with Crippen molar-refractivity contribution in [3.8, 4) is 11.5 Å². The zero-order valence-electron chi connectivity index (χ0n) is 17.7. The predicted molar refractivity (Wildman–Crippen MR) is 125 cm³/mol. The van der Waals surface area contributed by atoms with E-state index in [-0.39, 0.29) is 24.5 Å². The third-order valence-electron chi connectivity index (χ3n) is 4.83. The van der Waals surface area contributed by atoms with E-state index in [9.17, 15) is 18.4 Å². The molecule has 34 heavy (non-hydrogen) atoms. The molecule has 0 saturated heterocycles. The van der Waals surface area contributed by atoms with Gasteiger partial charge in [0.05, 0.1) is 6.42 Å². The van der Waals surface area contributed by atoms with Gasteiger partial charge in [-0.3, -0.25) is 9.59 Å².